The third-order valence-corrected chi connectivity index (χ3v) is 3.22. The van der Waals surface area contributed by atoms with Gasteiger partial charge in [0.1, 0.15) is 5.75 Å². The van der Waals surface area contributed by atoms with Gasteiger partial charge in [0.15, 0.2) is 0 Å². The molecule has 0 heterocycles. The van der Waals surface area contributed by atoms with Gasteiger partial charge < -0.3 is 14.8 Å². The molecule has 24 heavy (non-hydrogen) atoms. The maximum absolute atomic E-state index is 12.5. The maximum atomic E-state index is 12.5. The zero-order valence-corrected chi connectivity index (χ0v) is 13.9. The minimum Gasteiger partial charge on any atom is -0.493 e. The number of nitrogens with one attached hydrogen (secondary N) is 1. The lowest BCUT2D eigenvalue weighted by Crippen LogP contribution is -2.14. The van der Waals surface area contributed by atoms with Gasteiger partial charge >= 0.3 is 5.97 Å². The monoisotopic (exact) mass is 327 g/mol. The second-order valence-corrected chi connectivity index (χ2v) is 5.10. The summed E-state index contributed by atoms with van der Waals surface area (Å²) < 4.78 is 10.6. The van der Waals surface area contributed by atoms with Crippen LogP contribution in [-0.4, -0.2) is 25.1 Å². The number of hydrogen-bond acceptors (Lipinski definition) is 4. The molecule has 1 amide bonds. The number of hydrogen-bond donors (Lipinski definition) is 1. The second kappa shape index (κ2) is 8.72. The smallest absolute Gasteiger partial charge is 0.338 e. The summed E-state index contributed by atoms with van der Waals surface area (Å²) in [7, 11) is 0. The summed E-state index contributed by atoms with van der Waals surface area (Å²) in [4.78, 5) is 24.4. The zero-order chi connectivity index (χ0) is 17.4. The van der Waals surface area contributed by atoms with Gasteiger partial charge in [0, 0.05) is 5.69 Å². The highest BCUT2D eigenvalue weighted by atomic mass is 16.5. The van der Waals surface area contributed by atoms with E-state index >= 15 is 0 Å². The lowest BCUT2D eigenvalue weighted by molar-refractivity contribution is 0.0505. The van der Waals surface area contributed by atoms with E-state index in [0.29, 0.717) is 35.8 Å². The van der Waals surface area contributed by atoms with Crippen LogP contribution in [0.5, 0.6) is 5.75 Å². The van der Waals surface area contributed by atoms with E-state index in [0.717, 1.165) is 6.42 Å². The third kappa shape index (κ3) is 4.59. The first-order valence-corrected chi connectivity index (χ1v) is 7.96. The molecule has 0 saturated carbocycles. The SMILES string of the molecule is CCCOC(=O)c1cccc(NC(=O)c2ccccc2OCC)c1. The van der Waals surface area contributed by atoms with Gasteiger partial charge in [0.25, 0.3) is 5.91 Å². The van der Waals surface area contributed by atoms with Crippen molar-refractivity contribution in [3.8, 4) is 5.75 Å². The van der Waals surface area contributed by atoms with Crippen molar-refractivity contribution < 1.29 is 19.1 Å². The Kier molecular flexibility index (Phi) is 6.37. The maximum Gasteiger partial charge on any atom is 0.338 e. The van der Waals surface area contributed by atoms with Crippen LogP contribution >= 0.6 is 0 Å². The van der Waals surface area contributed by atoms with Gasteiger partial charge in [-0.05, 0) is 43.7 Å². The van der Waals surface area contributed by atoms with Gasteiger partial charge in [-0.1, -0.05) is 25.1 Å². The predicted octanol–water partition coefficient (Wildman–Crippen LogP) is 3.90. The van der Waals surface area contributed by atoms with E-state index in [2.05, 4.69) is 5.32 Å². The van der Waals surface area contributed by atoms with Crippen molar-refractivity contribution in [2.45, 2.75) is 20.3 Å². The molecular formula is C19H21NO4. The van der Waals surface area contributed by atoms with E-state index in [1.807, 2.05) is 19.9 Å². The van der Waals surface area contributed by atoms with Crippen LogP contribution in [0.25, 0.3) is 0 Å². The van der Waals surface area contributed by atoms with Crippen LogP contribution in [0.1, 0.15) is 41.0 Å². The van der Waals surface area contributed by atoms with E-state index in [1.54, 1.807) is 42.5 Å². The van der Waals surface area contributed by atoms with Crippen molar-refractivity contribution in [1.82, 2.24) is 0 Å². The third-order valence-electron chi connectivity index (χ3n) is 3.22. The highest BCUT2D eigenvalue weighted by Gasteiger charge is 2.13. The standard InChI is InChI=1S/C19H21NO4/c1-3-12-24-19(22)14-8-7-9-15(13-14)20-18(21)16-10-5-6-11-17(16)23-4-2/h5-11,13H,3-4,12H2,1-2H3,(H,20,21). The first-order chi connectivity index (χ1) is 11.7. The Hall–Kier alpha value is -2.82. The molecule has 2 aromatic rings. The van der Waals surface area contributed by atoms with Crippen LogP contribution in [0.4, 0.5) is 5.69 Å². The summed E-state index contributed by atoms with van der Waals surface area (Å²) in [6.07, 6.45) is 0.760. The van der Waals surface area contributed by atoms with Gasteiger partial charge in [-0.25, -0.2) is 4.79 Å². The fourth-order valence-electron chi connectivity index (χ4n) is 2.14. The Morgan fingerprint density at radius 2 is 1.83 bits per heavy atom. The molecule has 0 aliphatic carbocycles. The molecule has 2 rings (SSSR count). The Bertz CT molecular complexity index is 712. The van der Waals surface area contributed by atoms with Gasteiger partial charge in [0.2, 0.25) is 0 Å². The van der Waals surface area contributed by atoms with Crippen LogP contribution in [0.2, 0.25) is 0 Å². The highest BCUT2D eigenvalue weighted by molar-refractivity contribution is 6.06. The molecule has 126 valence electrons. The summed E-state index contributed by atoms with van der Waals surface area (Å²) in [6.45, 7) is 4.64. The van der Waals surface area contributed by atoms with Crippen LogP contribution < -0.4 is 10.1 Å². The Balaban J connectivity index is 2.14. The summed E-state index contributed by atoms with van der Waals surface area (Å²) in [5.41, 5.74) is 1.37. The van der Waals surface area contributed by atoms with Crippen molar-refractivity contribution in [3.05, 3.63) is 59.7 Å². The fraction of sp³-hybridized carbons (Fsp3) is 0.263. The van der Waals surface area contributed by atoms with Gasteiger partial charge in [-0.3, -0.25) is 4.79 Å². The quantitative estimate of drug-likeness (QED) is 0.783. The average Bonchev–Trinajstić information content (AvgIpc) is 2.60. The molecule has 5 nitrogen and oxygen atoms in total. The number of esters is 1. The topological polar surface area (TPSA) is 64.6 Å². The number of amides is 1. The summed E-state index contributed by atoms with van der Waals surface area (Å²) in [5.74, 6) is -0.170. The number of para-hydroxylation sites is 1. The predicted molar refractivity (Wildman–Crippen MR) is 92.6 cm³/mol. The molecule has 0 atom stereocenters. The largest absolute Gasteiger partial charge is 0.493 e. The van der Waals surface area contributed by atoms with E-state index < -0.39 is 5.97 Å². The molecule has 0 spiro atoms. The Labute approximate surface area is 141 Å². The number of rotatable bonds is 7. The molecule has 0 bridgehead atoms. The van der Waals surface area contributed by atoms with E-state index in [9.17, 15) is 9.59 Å². The Morgan fingerprint density at radius 1 is 1.04 bits per heavy atom. The molecule has 2 aromatic carbocycles. The second-order valence-electron chi connectivity index (χ2n) is 5.10. The van der Waals surface area contributed by atoms with Crippen LogP contribution in [-0.2, 0) is 4.74 Å². The average molecular weight is 327 g/mol. The van der Waals surface area contributed by atoms with E-state index in [4.69, 9.17) is 9.47 Å². The number of ether oxygens (including phenoxy) is 2. The van der Waals surface area contributed by atoms with Gasteiger partial charge in [-0.2, -0.15) is 0 Å². The Morgan fingerprint density at radius 3 is 2.58 bits per heavy atom. The molecule has 0 aromatic heterocycles. The number of benzene rings is 2. The van der Waals surface area contributed by atoms with Crippen molar-refractivity contribution in [3.63, 3.8) is 0 Å². The van der Waals surface area contributed by atoms with E-state index in [-0.39, 0.29) is 5.91 Å². The van der Waals surface area contributed by atoms with Crippen LogP contribution in [0.15, 0.2) is 48.5 Å². The molecule has 5 heteroatoms. The molecule has 0 unspecified atom stereocenters. The van der Waals surface area contributed by atoms with Crippen LogP contribution in [0.3, 0.4) is 0 Å². The van der Waals surface area contributed by atoms with Crippen molar-refractivity contribution in [2.24, 2.45) is 0 Å². The number of carbonyl (C=O) groups is 2. The normalized spacial score (nSPS) is 10.1. The highest BCUT2D eigenvalue weighted by Crippen LogP contribution is 2.20. The molecule has 0 fully saturated rings. The van der Waals surface area contributed by atoms with Crippen molar-refractivity contribution in [1.29, 1.82) is 0 Å². The molecular weight excluding hydrogens is 306 g/mol. The van der Waals surface area contributed by atoms with E-state index in [1.165, 1.54) is 0 Å². The minimum absolute atomic E-state index is 0.293. The molecule has 1 N–H and O–H groups in total. The minimum atomic E-state index is -0.400. The summed E-state index contributed by atoms with van der Waals surface area (Å²) in [5, 5.41) is 2.78. The summed E-state index contributed by atoms with van der Waals surface area (Å²) >= 11 is 0. The van der Waals surface area contributed by atoms with Crippen LogP contribution in [0, 0.1) is 0 Å². The number of carbonyl (C=O) groups excluding carboxylic acids is 2. The number of anilines is 1. The molecule has 0 aliphatic heterocycles. The first kappa shape index (κ1) is 17.5. The summed E-state index contributed by atoms with van der Waals surface area (Å²) in [6, 6.07) is 13.7. The lowest BCUT2D eigenvalue weighted by Gasteiger charge is -2.11. The van der Waals surface area contributed by atoms with Crippen molar-refractivity contribution >= 4 is 17.6 Å². The molecule has 0 radical (unpaired) electrons. The molecule has 0 aliphatic rings. The fourth-order valence-corrected chi connectivity index (χ4v) is 2.14. The van der Waals surface area contributed by atoms with Crippen molar-refractivity contribution in [2.75, 3.05) is 18.5 Å². The zero-order valence-electron chi connectivity index (χ0n) is 13.9. The van der Waals surface area contributed by atoms with Gasteiger partial charge in [-0.15, -0.1) is 0 Å². The van der Waals surface area contributed by atoms with Gasteiger partial charge in [0.05, 0.1) is 24.3 Å². The molecule has 0 saturated heterocycles. The lowest BCUT2D eigenvalue weighted by atomic mass is 10.1. The first-order valence-electron chi connectivity index (χ1n) is 7.96.